The Bertz CT molecular complexity index is 478. The third-order valence-corrected chi connectivity index (χ3v) is 4.15. The van der Waals surface area contributed by atoms with E-state index in [9.17, 15) is 0 Å². The smallest absolute Gasteiger partial charge is 0.195 e. The van der Waals surface area contributed by atoms with Gasteiger partial charge in [-0.15, -0.1) is 0 Å². The molecule has 1 aromatic carbocycles. The lowest BCUT2D eigenvalue weighted by atomic mass is 10.1. The number of rotatable bonds is 4. The summed E-state index contributed by atoms with van der Waals surface area (Å²) in [5, 5.41) is 0. The molecule has 0 saturated carbocycles. The molecule has 4 heteroatoms. The first-order valence-electron chi connectivity index (χ1n) is 8.26. The van der Waals surface area contributed by atoms with Crippen molar-refractivity contribution in [3.63, 3.8) is 0 Å². The van der Waals surface area contributed by atoms with Crippen LogP contribution < -0.4 is 0 Å². The molecule has 0 unspecified atom stereocenters. The van der Waals surface area contributed by atoms with Crippen LogP contribution in [0.25, 0.3) is 0 Å². The maximum atomic E-state index is 4.80. The molecule has 0 amide bonds. The minimum atomic E-state index is 0.746. The van der Waals surface area contributed by atoms with Gasteiger partial charge in [0.15, 0.2) is 5.96 Å². The Hall–Kier alpha value is -1.55. The van der Waals surface area contributed by atoms with Gasteiger partial charge in [-0.2, -0.15) is 0 Å². The summed E-state index contributed by atoms with van der Waals surface area (Å²) < 4.78 is 0. The van der Waals surface area contributed by atoms with E-state index in [2.05, 4.69) is 39.0 Å². The molecule has 2 rings (SSSR count). The molecule has 0 radical (unpaired) electrons. The van der Waals surface area contributed by atoms with Crippen LogP contribution in [0.3, 0.4) is 0 Å². The van der Waals surface area contributed by atoms with Crippen LogP contribution >= 0.6 is 0 Å². The van der Waals surface area contributed by atoms with E-state index in [1.54, 1.807) is 0 Å². The van der Waals surface area contributed by atoms with Crippen LogP contribution in [-0.4, -0.2) is 61.9 Å². The minimum absolute atomic E-state index is 0.746. The van der Waals surface area contributed by atoms with Gasteiger partial charge in [0, 0.05) is 34.7 Å². The molecule has 122 valence electrons. The monoisotopic (exact) mass is 302 g/mol. The van der Waals surface area contributed by atoms with Crippen molar-refractivity contribution in [2.45, 2.75) is 32.4 Å². The Morgan fingerprint density at radius 3 is 2.14 bits per heavy atom. The maximum absolute atomic E-state index is 4.80. The summed E-state index contributed by atoms with van der Waals surface area (Å²) in [5.41, 5.74) is 2.76. The number of guanidine groups is 1. The second-order valence-corrected chi connectivity index (χ2v) is 6.51. The van der Waals surface area contributed by atoms with Crippen molar-refractivity contribution >= 4 is 5.96 Å². The fourth-order valence-electron chi connectivity index (χ4n) is 3.06. The third kappa shape index (κ3) is 4.73. The van der Waals surface area contributed by atoms with Gasteiger partial charge in [0.05, 0.1) is 6.54 Å². The molecular formula is C18H30N4. The molecule has 1 aliphatic rings. The van der Waals surface area contributed by atoms with Crippen LogP contribution in [-0.2, 0) is 13.1 Å². The largest absolute Gasteiger partial charge is 0.349 e. The van der Waals surface area contributed by atoms with Crippen LogP contribution in [0.4, 0.5) is 0 Å². The topological polar surface area (TPSA) is 22.1 Å². The summed E-state index contributed by atoms with van der Waals surface area (Å²) in [6.07, 6.45) is 4.06. The number of likely N-dealkylation sites (tertiary alicyclic amines) is 1. The Morgan fingerprint density at radius 1 is 0.955 bits per heavy atom. The lowest BCUT2D eigenvalue weighted by Gasteiger charge is -2.27. The SMILES string of the molecule is CN(C)C(=NCc1ccccc1CN1CCCCC1)N(C)C. The van der Waals surface area contributed by atoms with Crippen LogP contribution in [0.5, 0.6) is 0 Å². The number of hydrogen-bond acceptors (Lipinski definition) is 2. The van der Waals surface area contributed by atoms with E-state index in [1.165, 1.54) is 43.5 Å². The van der Waals surface area contributed by atoms with Crippen LogP contribution in [0.1, 0.15) is 30.4 Å². The summed E-state index contributed by atoms with van der Waals surface area (Å²) >= 11 is 0. The van der Waals surface area contributed by atoms with Crippen molar-refractivity contribution in [2.24, 2.45) is 4.99 Å². The highest BCUT2D eigenvalue weighted by Crippen LogP contribution is 2.17. The number of piperidine rings is 1. The van der Waals surface area contributed by atoms with Gasteiger partial charge in [0.1, 0.15) is 0 Å². The van der Waals surface area contributed by atoms with Crippen molar-refractivity contribution in [3.8, 4) is 0 Å². The van der Waals surface area contributed by atoms with Crippen LogP contribution in [0.15, 0.2) is 29.3 Å². The molecule has 1 heterocycles. The van der Waals surface area contributed by atoms with E-state index in [-0.39, 0.29) is 0 Å². The minimum Gasteiger partial charge on any atom is -0.349 e. The van der Waals surface area contributed by atoms with Crippen LogP contribution in [0, 0.1) is 0 Å². The molecule has 0 N–H and O–H groups in total. The highest BCUT2D eigenvalue weighted by atomic mass is 15.3. The normalized spacial score (nSPS) is 15.5. The van der Waals surface area contributed by atoms with Crippen molar-refractivity contribution in [2.75, 3.05) is 41.3 Å². The number of hydrogen-bond donors (Lipinski definition) is 0. The number of aliphatic imine (C=N–C) groups is 1. The van der Waals surface area contributed by atoms with Gasteiger partial charge in [0.2, 0.25) is 0 Å². The molecular weight excluding hydrogens is 272 g/mol. The van der Waals surface area contributed by atoms with Crippen molar-refractivity contribution in [1.29, 1.82) is 0 Å². The van der Waals surface area contributed by atoms with Crippen molar-refractivity contribution in [1.82, 2.24) is 14.7 Å². The van der Waals surface area contributed by atoms with Gasteiger partial charge in [-0.05, 0) is 37.1 Å². The Kier molecular flexibility index (Phi) is 6.25. The first-order valence-corrected chi connectivity index (χ1v) is 8.26. The molecule has 4 nitrogen and oxygen atoms in total. The molecule has 0 atom stereocenters. The van der Waals surface area contributed by atoms with E-state index >= 15 is 0 Å². The van der Waals surface area contributed by atoms with Gasteiger partial charge in [-0.3, -0.25) is 4.90 Å². The van der Waals surface area contributed by atoms with E-state index in [0.717, 1.165) is 19.0 Å². The van der Waals surface area contributed by atoms with Gasteiger partial charge in [-0.25, -0.2) is 4.99 Å². The zero-order chi connectivity index (χ0) is 15.9. The third-order valence-electron chi connectivity index (χ3n) is 4.15. The molecule has 0 aromatic heterocycles. The zero-order valence-electron chi connectivity index (χ0n) is 14.5. The molecule has 0 spiro atoms. The van der Waals surface area contributed by atoms with Gasteiger partial charge in [-0.1, -0.05) is 30.7 Å². The van der Waals surface area contributed by atoms with Gasteiger partial charge >= 0.3 is 0 Å². The zero-order valence-corrected chi connectivity index (χ0v) is 14.5. The molecule has 1 saturated heterocycles. The molecule has 0 aliphatic carbocycles. The second-order valence-electron chi connectivity index (χ2n) is 6.51. The molecule has 1 fully saturated rings. The first-order chi connectivity index (χ1) is 10.6. The Balaban J connectivity index is 2.08. The highest BCUT2D eigenvalue weighted by molar-refractivity contribution is 5.79. The Labute approximate surface area is 135 Å². The fraction of sp³-hybridized carbons (Fsp3) is 0.611. The average Bonchev–Trinajstić information content (AvgIpc) is 2.49. The number of benzene rings is 1. The average molecular weight is 302 g/mol. The molecule has 1 aromatic rings. The predicted octanol–water partition coefficient (Wildman–Crippen LogP) is 2.65. The van der Waals surface area contributed by atoms with E-state index in [4.69, 9.17) is 4.99 Å². The summed E-state index contributed by atoms with van der Waals surface area (Å²) in [6, 6.07) is 8.73. The molecule has 0 bridgehead atoms. The summed E-state index contributed by atoms with van der Waals surface area (Å²) in [6.45, 7) is 4.27. The van der Waals surface area contributed by atoms with Crippen molar-refractivity contribution in [3.05, 3.63) is 35.4 Å². The fourth-order valence-corrected chi connectivity index (χ4v) is 3.06. The van der Waals surface area contributed by atoms with E-state index < -0.39 is 0 Å². The van der Waals surface area contributed by atoms with E-state index in [1.807, 2.05) is 28.2 Å². The predicted molar refractivity (Wildman–Crippen MR) is 94.1 cm³/mol. The lowest BCUT2D eigenvalue weighted by Crippen LogP contribution is -2.35. The quantitative estimate of drug-likeness (QED) is 0.630. The van der Waals surface area contributed by atoms with Crippen LogP contribution in [0.2, 0.25) is 0 Å². The first kappa shape index (κ1) is 16.8. The second kappa shape index (κ2) is 8.18. The highest BCUT2D eigenvalue weighted by Gasteiger charge is 2.12. The van der Waals surface area contributed by atoms with Gasteiger partial charge < -0.3 is 9.80 Å². The Morgan fingerprint density at radius 2 is 1.55 bits per heavy atom. The standard InChI is InChI=1S/C18H30N4/c1-20(2)18(21(3)4)19-14-16-10-6-7-11-17(16)15-22-12-8-5-9-13-22/h6-7,10-11H,5,8-9,12-15H2,1-4H3. The number of nitrogens with zero attached hydrogens (tertiary/aromatic N) is 4. The summed E-state index contributed by atoms with van der Waals surface area (Å²) in [7, 11) is 8.16. The molecule has 1 aliphatic heterocycles. The van der Waals surface area contributed by atoms with Gasteiger partial charge in [0.25, 0.3) is 0 Å². The van der Waals surface area contributed by atoms with Crippen molar-refractivity contribution < 1.29 is 0 Å². The maximum Gasteiger partial charge on any atom is 0.195 e. The molecule has 22 heavy (non-hydrogen) atoms. The summed E-state index contributed by atoms with van der Waals surface area (Å²) in [5.74, 6) is 1.01. The van der Waals surface area contributed by atoms with E-state index in [0.29, 0.717) is 0 Å². The summed E-state index contributed by atoms with van der Waals surface area (Å²) in [4.78, 5) is 11.5. The lowest BCUT2D eigenvalue weighted by molar-refractivity contribution is 0.220.